The van der Waals surface area contributed by atoms with Crippen molar-refractivity contribution in [2.75, 3.05) is 12.4 Å². The molecule has 0 aliphatic rings. The van der Waals surface area contributed by atoms with E-state index in [2.05, 4.69) is 37.2 Å². The van der Waals surface area contributed by atoms with Crippen molar-refractivity contribution in [3.8, 4) is 0 Å². The molecule has 1 aromatic heterocycles. The molecular weight excluding hydrogens is 466 g/mol. The SMILES string of the molecule is CCc1cc(Br)cc(CC)c1NC(=O)c1c(COC)oc(C)c(Br)c1=O. The van der Waals surface area contributed by atoms with E-state index in [1.807, 2.05) is 26.0 Å². The maximum absolute atomic E-state index is 13.0. The van der Waals surface area contributed by atoms with Gasteiger partial charge in [-0.25, -0.2) is 0 Å². The monoisotopic (exact) mass is 485 g/mol. The molecule has 0 fully saturated rings. The third kappa shape index (κ3) is 4.27. The summed E-state index contributed by atoms with van der Waals surface area (Å²) in [5, 5.41) is 2.91. The van der Waals surface area contributed by atoms with E-state index >= 15 is 0 Å². The van der Waals surface area contributed by atoms with E-state index in [0.29, 0.717) is 5.76 Å². The molecule has 0 saturated carbocycles. The van der Waals surface area contributed by atoms with Gasteiger partial charge in [0.05, 0.1) is 0 Å². The number of anilines is 1. The lowest BCUT2D eigenvalue weighted by Gasteiger charge is -2.16. The van der Waals surface area contributed by atoms with E-state index in [1.165, 1.54) is 7.11 Å². The van der Waals surface area contributed by atoms with Gasteiger partial charge >= 0.3 is 0 Å². The van der Waals surface area contributed by atoms with E-state index in [-0.39, 0.29) is 22.4 Å². The highest BCUT2D eigenvalue weighted by Crippen LogP contribution is 2.28. The minimum absolute atomic E-state index is 0.0354. The van der Waals surface area contributed by atoms with Crippen LogP contribution in [0.1, 0.15) is 46.9 Å². The van der Waals surface area contributed by atoms with Crippen molar-refractivity contribution >= 4 is 43.5 Å². The Morgan fingerprint density at radius 1 is 1.19 bits per heavy atom. The maximum atomic E-state index is 13.0. The Bertz CT molecular complexity index is 865. The third-order valence-corrected chi connectivity index (χ3v) is 5.44. The van der Waals surface area contributed by atoms with Gasteiger partial charge in [-0.2, -0.15) is 0 Å². The number of carbonyl (C=O) groups excluding carboxylic acids is 1. The van der Waals surface area contributed by atoms with Crippen LogP contribution in [-0.2, 0) is 24.2 Å². The molecule has 7 heteroatoms. The Morgan fingerprint density at radius 2 is 1.77 bits per heavy atom. The van der Waals surface area contributed by atoms with E-state index in [1.54, 1.807) is 6.92 Å². The zero-order chi connectivity index (χ0) is 19.4. The molecule has 26 heavy (non-hydrogen) atoms. The summed E-state index contributed by atoms with van der Waals surface area (Å²) in [6, 6.07) is 3.94. The molecule has 0 bridgehead atoms. The van der Waals surface area contributed by atoms with Crippen LogP contribution in [0.3, 0.4) is 0 Å². The summed E-state index contributed by atoms with van der Waals surface area (Å²) in [5.41, 5.74) is 2.27. The van der Waals surface area contributed by atoms with Gasteiger partial charge in [0.2, 0.25) is 5.43 Å². The van der Waals surface area contributed by atoms with E-state index < -0.39 is 11.3 Å². The summed E-state index contributed by atoms with van der Waals surface area (Å²) >= 11 is 6.70. The summed E-state index contributed by atoms with van der Waals surface area (Å²) in [6.45, 7) is 5.73. The lowest BCUT2D eigenvalue weighted by molar-refractivity contribution is 0.101. The number of hydrogen-bond donors (Lipinski definition) is 1. The Hall–Kier alpha value is -1.44. The van der Waals surface area contributed by atoms with Gasteiger partial charge in [0.25, 0.3) is 5.91 Å². The molecule has 5 nitrogen and oxygen atoms in total. The third-order valence-electron chi connectivity index (χ3n) is 4.06. The number of halogens is 2. The average Bonchev–Trinajstić information content (AvgIpc) is 2.61. The minimum atomic E-state index is -0.502. The number of hydrogen-bond acceptors (Lipinski definition) is 4. The molecule has 2 aromatic rings. The smallest absolute Gasteiger partial charge is 0.263 e. The van der Waals surface area contributed by atoms with Crippen LogP contribution < -0.4 is 10.7 Å². The molecule has 0 aliphatic heterocycles. The molecule has 1 heterocycles. The summed E-state index contributed by atoms with van der Waals surface area (Å²) < 4.78 is 11.9. The number of ether oxygens (including phenoxy) is 1. The molecule has 0 aliphatic carbocycles. The van der Waals surface area contributed by atoms with Crippen molar-refractivity contribution in [3.05, 3.63) is 59.5 Å². The molecule has 0 saturated heterocycles. The highest BCUT2D eigenvalue weighted by atomic mass is 79.9. The van der Waals surface area contributed by atoms with Crippen molar-refractivity contribution in [1.29, 1.82) is 0 Å². The first-order chi connectivity index (χ1) is 12.3. The van der Waals surface area contributed by atoms with Crippen LogP contribution in [0.25, 0.3) is 0 Å². The minimum Gasteiger partial charge on any atom is -0.462 e. The van der Waals surface area contributed by atoms with E-state index in [9.17, 15) is 9.59 Å². The maximum Gasteiger partial charge on any atom is 0.263 e. The molecule has 1 N–H and O–H groups in total. The Kier molecular flexibility index (Phi) is 7.20. The number of rotatable bonds is 6. The fraction of sp³-hybridized carbons (Fsp3) is 0.368. The van der Waals surface area contributed by atoms with E-state index in [0.717, 1.165) is 34.1 Å². The van der Waals surface area contributed by atoms with Crippen molar-refractivity contribution in [2.45, 2.75) is 40.2 Å². The van der Waals surface area contributed by atoms with Crippen molar-refractivity contribution in [1.82, 2.24) is 0 Å². The fourth-order valence-corrected chi connectivity index (χ4v) is 3.59. The summed E-state index contributed by atoms with van der Waals surface area (Å²) in [4.78, 5) is 25.6. The molecule has 1 amide bonds. The zero-order valence-electron chi connectivity index (χ0n) is 15.2. The van der Waals surface area contributed by atoms with Crippen molar-refractivity contribution in [2.24, 2.45) is 0 Å². The van der Waals surface area contributed by atoms with Crippen LogP contribution >= 0.6 is 31.9 Å². The van der Waals surface area contributed by atoms with Crippen LogP contribution in [0.15, 0.2) is 30.3 Å². The number of aryl methyl sites for hydroxylation is 3. The summed E-state index contributed by atoms with van der Waals surface area (Å²) in [6.07, 6.45) is 1.50. The molecule has 140 valence electrons. The zero-order valence-corrected chi connectivity index (χ0v) is 18.3. The van der Waals surface area contributed by atoms with Crippen molar-refractivity contribution in [3.63, 3.8) is 0 Å². The Balaban J connectivity index is 2.56. The predicted octanol–water partition coefficient (Wildman–Crippen LogP) is 5.00. The van der Waals surface area contributed by atoms with Gasteiger partial charge in [0.1, 0.15) is 28.2 Å². The summed E-state index contributed by atoms with van der Waals surface area (Å²) in [7, 11) is 1.48. The molecule has 0 spiro atoms. The van der Waals surface area contributed by atoms with Gasteiger partial charge in [0, 0.05) is 17.3 Å². The first-order valence-electron chi connectivity index (χ1n) is 8.27. The number of methoxy groups -OCH3 is 1. The van der Waals surface area contributed by atoms with Crippen LogP contribution in [0.2, 0.25) is 0 Å². The van der Waals surface area contributed by atoms with Gasteiger partial charge in [-0.15, -0.1) is 0 Å². The highest BCUT2D eigenvalue weighted by Gasteiger charge is 2.23. The first-order valence-corrected chi connectivity index (χ1v) is 9.86. The van der Waals surface area contributed by atoms with Gasteiger partial charge in [-0.3, -0.25) is 9.59 Å². The molecule has 1 aromatic carbocycles. The highest BCUT2D eigenvalue weighted by molar-refractivity contribution is 9.10. The molecule has 0 radical (unpaired) electrons. The molecule has 0 unspecified atom stereocenters. The topological polar surface area (TPSA) is 68.5 Å². The number of amides is 1. The second kappa shape index (κ2) is 8.97. The molecular formula is C19H21Br2NO4. The van der Waals surface area contributed by atoms with Crippen LogP contribution in [-0.4, -0.2) is 13.0 Å². The number of benzene rings is 1. The first kappa shape index (κ1) is 20.9. The molecule has 0 atom stereocenters. The van der Waals surface area contributed by atoms with Crippen LogP contribution in [0.4, 0.5) is 5.69 Å². The number of carbonyl (C=O) groups is 1. The largest absolute Gasteiger partial charge is 0.462 e. The standard InChI is InChI=1S/C19H21Br2NO4/c1-5-11-7-13(20)8-12(6-2)17(11)22-19(24)15-14(9-25-4)26-10(3)16(21)18(15)23/h7-8H,5-6,9H2,1-4H3,(H,22,24). The normalized spacial score (nSPS) is 10.8. The Morgan fingerprint density at radius 3 is 2.27 bits per heavy atom. The second-order valence-electron chi connectivity index (χ2n) is 5.79. The van der Waals surface area contributed by atoms with Crippen LogP contribution in [0, 0.1) is 6.92 Å². The van der Waals surface area contributed by atoms with Gasteiger partial charge in [-0.1, -0.05) is 29.8 Å². The fourth-order valence-electron chi connectivity index (χ4n) is 2.76. The predicted molar refractivity (Wildman–Crippen MR) is 109 cm³/mol. The molecule has 2 rings (SSSR count). The van der Waals surface area contributed by atoms with Gasteiger partial charge in [-0.05, 0) is 59.0 Å². The van der Waals surface area contributed by atoms with E-state index in [4.69, 9.17) is 9.15 Å². The lowest BCUT2D eigenvalue weighted by Crippen LogP contribution is -2.26. The van der Waals surface area contributed by atoms with Crippen molar-refractivity contribution < 1.29 is 13.9 Å². The second-order valence-corrected chi connectivity index (χ2v) is 7.50. The average molecular weight is 487 g/mol. The lowest BCUT2D eigenvalue weighted by atomic mass is 10.0. The quantitative estimate of drug-likeness (QED) is 0.623. The van der Waals surface area contributed by atoms with Crippen LogP contribution in [0.5, 0.6) is 0 Å². The van der Waals surface area contributed by atoms with Gasteiger partial charge < -0.3 is 14.5 Å². The van der Waals surface area contributed by atoms with Gasteiger partial charge in [0.15, 0.2) is 0 Å². The Labute approximate surface area is 169 Å². The summed E-state index contributed by atoms with van der Waals surface area (Å²) in [5.74, 6) is 0.118. The number of nitrogens with one attached hydrogen (secondary N) is 1.